The molecule has 2 bridgehead atoms. The SMILES string of the molecule is NC(=O)OC12CCC(N3C[C@]4(c5cccc(Cl)c5)CCCN4C3=O)(CC1)CC2. The molecule has 2 N–H and O–H groups in total. The van der Waals surface area contributed by atoms with Crippen LogP contribution in [-0.2, 0) is 10.3 Å². The van der Waals surface area contributed by atoms with Crippen LogP contribution in [0.1, 0.15) is 56.9 Å². The first-order valence-electron chi connectivity index (χ1n) is 10.2. The number of carbonyl (C=O) groups is 2. The van der Waals surface area contributed by atoms with Gasteiger partial charge < -0.3 is 20.3 Å². The Labute approximate surface area is 169 Å². The maximum Gasteiger partial charge on any atom is 0.405 e. The van der Waals surface area contributed by atoms with E-state index in [2.05, 4.69) is 15.9 Å². The Bertz CT molecular complexity index is 819. The molecule has 2 saturated heterocycles. The highest BCUT2D eigenvalue weighted by Gasteiger charge is 2.61. The molecule has 0 radical (unpaired) electrons. The molecule has 2 aliphatic heterocycles. The van der Waals surface area contributed by atoms with Crippen molar-refractivity contribution in [2.75, 3.05) is 13.1 Å². The summed E-state index contributed by atoms with van der Waals surface area (Å²) in [5.41, 5.74) is 5.61. The number of hydrogen-bond donors (Lipinski definition) is 1. The smallest absolute Gasteiger partial charge is 0.405 e. The number of benzene rings is 1. The lowest BCUT2D eigenvalue weighted by Crippen LogP contribution is -2.61. The van der Waals surface area contributed by atoms with E-state index in [-0.39, 0.29) is 17.1 Å². The number of amides is 3. The average molecular weight is 404 g/mol. The van der Waals surface area contributed by atoms with Gasteiger partial charge in [0.2, 0.25) is 0 Å². The topological polar surface area (TPSA) is 75.9 Å². The number of urea groups is 1. The van der Waals surface area contributed by atoms with E-state index < -0.39 is 11.7 Å². The summed E-state index contributed by atoms with van der Waals surface area (Å²) >= 11 is 6.28. The van der Waals surface area contributed by atoms with E-state index in [1.54, 1.807) is 0 Å². The lowest BCUT2D eigenvalue weighted by Gasteiger charge is -2.55. The standard InChI is InChI=1S/C21H26ClN3O3/c22-16-4-1-3-15(13-16)21-5-2-12-24(21)18(27)25(14-21)19-6-9-20(10-7-19,11-8-19)28-17(23)26/h1,3-4,13H,2,5-12,14H2,(H2,23,26)/t19?,20?,21-/m0/s1. The molecule has 1 atom stereocenters. The van der Waals surface area contributed by atoms with Crippen molar-refractivity contribution >= 4 is 23.7 Å². The van der Waals surface area contributed by atoms with Crippen molar-refractivity contribution in [2.24, 2.45) is 5.73 Å². The zero-order valence-corrected chi connectivity index (χ0v) is 16.7. The number of halogens is 1. The van der Waals surface area contributed by atoms with E-state index in [0.717, 1.165) is 70.0 Å². The van der Waals surface area contributed by atoms with Crippen molar-refractivity contribution in [1.29, 1.82) is 0 Å². The van der Waals surface area contributed by atoms with Gasteiger partial charge in [-0.05, 0) is 69.1 Å². The third-order valence-electron chi connectivity index (χ3n) is 7.76. The van der Waals surface area contributed by atoms with Crippen molar-refractivity contribution in [2.45, 2.75) is 68.0 Å². The van der Waals surface area contributed by atoms with Gasteiger partial charge in [0.05, 0.1) is 12.1 Å². The van der Waals surface area contributed by atoms with E-state index in [1.165, 1.54) is 0 Å². The lowest BCUT2D eigenvalue weighted by atomic mass is 9.62. The molecular formula is C21H26ClN3O3. The highest BCUT2D eigenvalue weighted by Crippen LogP contribution is 2.55. The minimum Gasteiger partial charge on any atom is -0.443 e. The quantitative estimate of drug-likeness (QED) is 0.828. The van der Waals surface area contributed by atoms with Crippen molar-refractivity contribution < 1.29 is 14.3 Å². The molecule has 2 heterocycles. The number of rotatable bonds is 3. The van der Waals surface area contributed by atoms with E-state index in [4.69, 9.17) is 22.1 Å². The van der Waals surface area contributed by atoms with Crippen molar-refractivity contribution in [3.8, 4) is 0 Å². The van der Waals surface area contributed by atoms with Gasteiger partial charge in [-0.1, -0.05) is 23.7 Å². The maximum absolute atomic E-state index is 13.5. The normalized spacial score (nSPS) is 36.7. The van der Waals surface area contributed by atoms with Crippen LogP contribution in [0.15, 0.2) is 24.3 Å². The molecule has 28 heavy (non-hydrogen) atoms. The first-order valence-corrected chi connectivity index (χ1v) is 10.6. The van der Waals surface area contributed by atoms with Crippen LogP contribution in [0, 0.1) is 0 Å². The predicted molar refractivity (Wildman–Crippen MR) is 105 cm³/mol. The van der Waals surface area contributed by atoms with Crippen molar-refractivity contribution in [1.82, 2.24) is 9.80 Å². The molecule has 1 aromatic rings. The first-order chi connectivity index (χ1) is 13.4. The molecule has 3 aliphatic carbocycles. The molecule has 5 fully saturated rings. The number of nitrogens with two attached hydrogens (primary N) is 1. The summed E-state index contributed by atoms with van der Waals surface area (Å²) in [5.74, 6) is 0. The molecule has 0 unspecified atom stereocenters. The largest absolute Gasteiger partial charge is 0.443 e. The van der Waals surface area contributed by atoms with Gasteiger partial charge in [-0.2, -0.15) is 0 Å². The first kappa shape index (κ1) is 18.1. The number of hydrogen-bond acceptors (Lipinski definition) is 3. The number of nitrogens with zero attached hydrogens (tertiary/aromatic N) is 2. The van der Waals surface area contributed by atoms with Crippen molar-refractivity contribution in [3.63, 3.8) is 0 Å². The molecule has 6 rings (SSSR count). The summed E-state index contributed by atoms with van der Waals surface area (Å²) in [6, 6.07) is 8.14. The fraction of sp³-hybridized carbons (Fsp3) is 0.619. The van der Waals surface area contributed by atoms with Crippen LogP contribution >= 0.6 is 11.6 Å². The Morgan fingerprint density at radius 1 is 1.07 bits per heavy atom. The predicted octanol–water partition coefficient (Wildman–Crippen LogP) is 4.01. The summed E-state index contributed by atoms with van der Waals surface area (Å²) in [4.78, 5) is 29.0. The second-order valence-electron chi connectivity index (χ2n) is 8.99. The molecule has 0 aromatic heterocycles. The van der Waals surface area contributed by atoms with E-state index in [1.807, 2.05) is 18.2 Å². The number of carbonyl (C=O) groups excluding carboxylic acids is 2. The maximum atomic E-state index is 13.5. The number of ether oxygens (including phenoxy) is 1. The summed E-state index contributed by atoms with van der Waals surface area (Å²) in [7, 11) is 0. The second kappa shape index (κ2) is 6.02. The Morgan fingerprint density at radius 3 is 2.43 bits per heavy atom. The average Bonchev–Trinajstić information content (AvgIpc) is 3.22. The van der Waals surface area contributed by atoms with E-state index in [9.17, 15) is 9.59 Å². The third-order valence-corrected chi connectivity index (χ3v) is 7.99. The summed E-state index contributed by atoms with van der Waals surface area (Å²) in [6.07, 6.45) is 6.25. The van der Waals surface area contributed by atoms with Crippen LogP contribution in [0.2, 0.25) is 5.02 Å². The third kappa shape index (κ3) is 2.46. The van der Waals surface area contributed by atoms with Gasteiger partial charge in [-0.15, -0.1) is 0 Å². The second-order valence-corrected chi connectivity index (χ2v) is 9.43. The number of primary amides is 1. The van der Waals surface area contributed by atoms with Crippen molar-refractivity contribution in [3.05, 3.63) is 34.9 Å². The van der Waals surface area contributed by atoms with E-state index in [0.29, 0.717) is 5.02 Å². The van der Waals surface area contributed by atoms with Gasteiger partial charge in [0.25, 0.3) is 0 Å². The Morgan fingerprint density at radius 2 is 1.79 bits per heavy atom. The summed E-state index contributed by atoms with van der Waals surface area (Å²) in [5, 5.41) is 0.714. The van der Waals surface area contributed by atoms with Crippen LogP contribution in [0.4, 0.5) is 9.59 Å². The van der Waals surface area contributed by atoms with Crippen LogP contribution in [-0.4, -0.2) is 46.2 Å². The van der Waals surface area contributed by atoms with Gasteiger partial charge in [0, 0.05) is 17.1 Å². The molecule has 3 amide bonds. The Balaban J connectivity index is 1.44. The molecular weight excluding hydrogens is 378 g/mol. The van der Waals surface area contributed by atoms with Gasteiger partial charge >= 0.3 is 12.1 Å². The number of fused-ring (bicyclic) bond motifs is 4. The highest BCUT2D eigenvalue weighted by molar-refractivity contribution is 6.30. The fourth-order valence-corrected chi connectivity index (χ4v) is 6.43. The van der Waals surface area contributed by atoms with Crippen LogP contribution in [0.3, 0.4) is 0 Å². The van der Waals surface area contributed by atoms with Gasteiger partial charge in [-0.3, -0.25) is 0 Å². The zero-order valence-electron chi connectivity index (χ0n) is 16.0. The van der Waals surface area contributed by atoms with Gasteiger partial charge in [0.1, 0.15) is 5.60 Å². The van der Waals surface area contributed by atoms with Crippen LogP contribution in [0.25, 0.3) is 0 Å². The highest BCUT2D eigenvalue weighted by atomic mass is 35.5. The molecule has 1 aromatic carbocycles. The summed E-state index contributed by atoms with van der Waals surface area (Å²) < 4.78 is 5.49. The molecule has 7 heteroatoms. The molecule has 3 saturated carbocycles. The van der Waals surface area contributed by atoms with E-state index >= 15 is 0 Å². The van der Waals surface area contributed by atoms with Gasteiger partial charge in [-0.25, -0.2) is 9.59 Å². The fourth-order valence-electron chi connectivity index (χ4n) is 6.24. The molecule has 6 nitrogen and oxygen atoms in total. The molecule has 150 valence electrons. The minimum absolute atomic E-state index is 0.129. The summed E-state index contributed by atoms with van der Waals surface area (Å²) in [6.45, 7) is 1.52. The Kier molecular flexibility index (Phi) is 3.89. The minimum atomic E-state index is -0.688. The van der Waals surface area contributed by atoms with Gasteiger partial charge in [0.15, 0.2) is 0 Å². The zero-order chi connectivity index (χ0) is 19.6. The molecule has 5 aliphatic rings. The Hall–Kier alpha value is -1.95. The monoisotopic (exact) mass is 403 g/mol. The van der Waals surface area contributed by atoms with Crippen LogP contribution < -0.4 is 5.73 Å². The lowest BCUT2D eigenvalue weighted by molar-refractivity contribution is -0.101. The van der Waals surface area contributed by atoms with Crippen LogP contribution in [0.5, 0.6) is 0 Å². The molecule has 0 spiro atoms.